The summed E-state index contributed by atoms with van der Waals surface area (Å²) in [4.78, 5) is 29.3. The quantitative estimate of drug-likeness (QED) is 0.880. The highest BCUT2D eigenvalue weighted by Gasteiger charge is 2.36. The molecular weight excluding hydrogens is 287 g/mol. The molecule has 2 aromatic rings. The summed E-state index contributed by atoms with van der Waals surface area (Å²) in [6, 6.07) is 4.71. The SMILES string of the molecule is Cc1cccc2c(=O)c(C(=O)N3C[C@@H](F)C[C@H]3CO)c[nH]c12. The molecule has 116 valence electrons. The molecule has 0 radical (unpaired) electrons. The fourth-order valence-corrected chi connectivity index (χ4v) is 3.00. The summed E-state index contributed by atoms with van der Waals surface area (Å²) in [7, 11) is 0. The molecule has 2 heterocycles. The molecule has 0 saturated carbocycles. The minimum atomic E-state index is -1.16. The Labute approximate surface area is 126 Å². The maximum Gasteiger partial charge on any atom is 0.259 e. The predicted molar refractivity (Wildman–Crippen MR) is 80.7 cm³/mol. The predicted octanol–water partition coefficient (Wildman–Crippen LogP) is 1.38. The normalized spacial score (nSPS) is 21.5. The molecule has 1 aromatic heterocycles. The van der Waals surface area contributed by atoms with Crippen molar-refractivity contribution in [3.63, 3.8) is 0 Å². The van der Waals surface area contributed by atoms with Crippen LogP contribution in [0.1, 0.15) is 22.3 Å². The number of amides is 1. The van der Waals surface area contributed by atoms with Crippen molar-refractivity contribution in [3.05, 3.63) is 45.7 Å². The second kappa shape index (κ2) is 5.53. The van der Waals surface area contributed by atoms with E-state index >= 15 is 0 Å². The molecule has 0 bridgehead atoms. The second-order valence-corrected chi connectivity index (χ2v) is 5.66. The zero-order chi connectivity index (χ0) is 15.9. The van der Waals surface area contributed by atoms with Gasteiger partial charge < -0.3 is 15.0 Å². The lowest BCUT2D eigenvalue weighted by Gasteiger charge is -2.22. The highest BCUT2D eigenvalue weighted by molar-refractivity contribution is 5.97. The first-order valence-electron chi connectivity index (χ1n) is 7.20. The largest absolute Gasteiger partial charge is 0.394 e. The molecular formula is C16H17FN2O3. The number of benzene rings is 1. The number of pyridine rings is 1. The lowest BCUT2D eigenvalue weighted by Crippen LogP contribution is -2.40. The molecule has 1 aliphatic rings. The average Bonchev–Trinajstić information content (AvgIpc) is 2.89. The number of aromatic nitrogens is 1. The Balaban J connectivity index is 2.05. The van der Waals surface area contributed by atoms with E-state index in [9.17, 15) is 19.1 Å². The molecule has 0 aliphatic carbocycles. The molecule has 6 heteroatoms. The molecule has 1 amide bonds. The van der Waals surface area contributed by atoms with Crippen LogP contribution in [0, 0.1) is 6.92 Å². The van der Waals surface area contributed by atoms with Gasteiger partial charge >= 0.3 is 0 Å². The second-order valence-electron chi connectivity index (χ2n) is 5.66. The van der Waals surface area contributed by atoms with Gasteiger partial charge in [0.1, 0.15) is 11.7 Å². The third kappa shape index (κ3) is 2.29. The Bertz CT molecular complexity index is 787. The van der Waals surface area contributed by atoms with Crippen molar-refractivity contribution < 1.29 is 14.3 Å². The summed E-state index contributed by atoms with van der Waals surface area (Å²) in [5.41, 5.74) is 1.20. The van der Waals surface area contributed by atoms with Gasteiger partial charge in [-0.3, -0.25) is 9.59 Å². The number of alkyl halides is 1. The average molecular weight is 304 g/mol. The van der Waals surface area contributed by atoms with Crippen LogP contribution >= 0.6 is 0 Å². The van der Waals surface area contributed by atoms with E-state index in [0.717, 1.165) is 5.56 Å². The van der Waals surface area contributed by atoms with Crippen molar-refractivity contribution in [2.45, 2.75) is 25.6 Å². The first kappa shape index (κ1) is 14.7. The number of rotatable bonds is 2. The first-order valence-corrected chi connectivity index (χ1v) is 7.20. The molecule has 0 unspecified atom stereocenters. The van der Waals surface area contributed by atoms with Gasteiger partial charge in [-0.25, -0.2) is 4.39 Å². The van der Waals surface area contributed by atoms with E-state index in [-0.39, 0.29) is 30.6 Å². The number of aromatic amines is 1. The third-order valence-electron chi connectivity index (χ3n) is 4.19. The number of H-pyrrole nitrogens is 1. The zero-order valence-corrected chi connectivity index (χ0v) is 12.2. The number of halogens is 1. The molecule has 1 saturated heterocycles. The number of para-hydroxylation sites is 1. The summed E-state index contributed by atoms with van der Waals surface area (Å²) >= 11 is 0. The van der Waals surface area contributed by atoms with Crippen LogP contribution in [0.25, 0.3) is 10.9 Å². The Hall–Kier alpha value is -2.21. The Morgan fingerprint density at radius 1 is 1.50 bits per heavy atom. The van der Waals surface area contributed by atoms with Gasteiger partial charge in [-0.1, -0.05) is 12.1 Å². The molecule has 0 spiro atoms. The maximum atomic E-state index is 13.5. The Kier molecular flexibility index (Phi) is 3.70. The Morgan fingerprint density at radius 2 is 2.27 bits per heavy atom. The van der Waals surface area contributed by atoms with Crippen molar-refractivity contribution in [2.24, 2.45) is 0 Å². The Morgan fingerprint density at radius 3 is 3.00 bits per heavy atom. The minimum Gasteiger partial charge on any atom is -0.394 e. The molecule has 1 aliphatic heterocycles. The van der Waals surface area contributed by atoms with Gasteiger partial charge in [0.2, 0.25) is 5.43 Å². The van der Waals surface area contributed by atoms with Gasteiger partial charge in [-0.2, -0.15) is 0 Å². The van der Waals surface area contributed by atoms with E-state index in [4.69, 9.17) is 0 Å². The number of likely N-dealkylation sites (tertiary alicyclic amines) is 1. The van der Waals surface area contributed by atoms with Gasteiger partial charge in [-0.05, 0) is 18.6 Å². The molecule has 1 fully saturated rings. The summed E-state index contributed by atoms with van der Waals surface area (Å²) < 4.78 is 13.5. The van der Waals surface area contributed by atoms with Gasteiger partial charge in [0.15, 0.2) is 0 Å². The number of nitrogens with one attached hydrogen (secondary N) is 1. The van der Waals surface area contributed by atoms with Crippen molar-refractivity contribution in [1.82, 2.24) is 9.88 Å². The van der Waals surface area contributed by atoms with E-state index in [0.29, 0.717) is 10.9 Å². The standard InChI is InChI=1S/C16H17FN2O3/c1-9-3-2-4-12-14(9)18-6-13(15(12)21)16(22)19-7-10(17)5-11(19)8-20/h2-4,6,10-11,20H,5,7-8H2,1H3,(H,18,21)/t10-,11-/m0/s1. The number of aryl methyl sites for hydroxylation is 1. The summed E-state index contributed by atoms with van der Waals surface area (Å²) in [6.07, 6.45) is 0.315. The fourth-order valence-electron chi connectivity index (χ4n) is 3.00. The zero-order valence-electron chi connectivity index (χ0n) is 12.2. The molecule has 3 rings (SSSR count). The van der Waals surface area contributed by atoms with E-state index in [1.54, 1.807) is 12.1 Å². The van der Waals surface area contributed by atoms with E-state index in [1.807, 2.05) is 13.0 Å². The van der Waals surface area contributed by atoms with E-state index in [1.165, 1.54) is 11.1 Å². The van der Waals surface area contributed by atoms with E-state index < -0.39 is 18.1 Å². The van der Waals surface area contributed by atoms with Crippen LogP contribution < -0.4 is 5.43 Å². The number of fused-ring (bicyclic) bond motifs is 1. The lowest BCUT2D eigenvalue weighted by molar-refractivity contribution is 0.0671. The van der Waals surface area contributed by atoms with E-state index in [2.05, 4.69) is 4.98 Å². The number of nitrogens with zero attached hydrogens (tertiary/aromatic N) is 1. The number of hydrogen-bond donors (Lipinski definition) is 2. The van der Waals surface area contributed by atoms with Crippen LogP contribution in [-0.2, 0) is 0 Å². The molecule has 2 atom stereocenters. The van der Waals surface area contributed by atoms with Crippen LogP contribution in [0.4, 0.5) is 4.39 Å². The van der Waals surface area contributed by atoms with Crippen LogP contribution in [0.3, 0.4) is 0 Å². The van der Waals surface area contributed by atoms with Gasteiger partial charge in [0.05, 0.1) is 24.7 Å². The summed E-state index contributed by atoms with van der Waals surface area (Å²) in [6.45, 7) is 1.47. The van der Waals surface area contributed by atoms with Crippen molar-refractivity contribution in [1.29, 1.82) is 0 Å². The topological polar surface area (TPSA) is 73.4 Å². The number of carbonyl (C=O) groups excluding carboxylic acids is 1. The summed E-state index contributed by atoms with van der Waals surface area (Å²) in [5, 5.41) is 9.71. The molecule has 5 nitrogen and oxygen atoms in total. The van der Waals surface area contributed by atoms with Crippen LogP contribution in [0.5, 0.6) is 0 Å². The maximum absolute atomic E-state index is 13.5. The lowest BCUT2D eigenvalue weighted by atomic mass is 10.1. The molecule has 2 N–H and O–H groups in total. The smallest absolute Gasteiger partial charge is 0.259 e. The molecule has 1 aromatic carbocycles. The van der Waals surface area contributed by atoms with Gasteiger partial charge in [0, 0.05) is 18.0 Å². The number of aliphatic hydroxyl groups excluding tert-OH is 1. The highest BCUT2D eigenvalue weighted by atomic mass is 19.1. The number of aliphatic hydroxyl groups is 1. The van der Waals surface area contributed by atoms with Crippen molar-refractivity contribution >= 4 is 16.8 Å². The monoisotopic (exact) mass is 304 g/mol. The highest BCUT2D eigenvalue weighted by Crippen LogP contribution is 2.22. The van der Waals surface area contributed by atoms with Crippen LogP contribution in [0.2, 0.25) is 0 Å². The summed E-state index contributed by atoms with van der Waals surface area (Å²) in [5.74, 6) is -0.538. The van der Waals surface area contributed by atoms with Gasteiger partial charge in [-0.15, -0.1) is 0 Å². The van der Waals surface area contributed by atoms with Crippen molar-refractivity contribution in [2.75, 3.05) is 13.2 Å². The molecule has 22 heavy (non-hydrogen) atoms. The van der Waals surface area contributed by atoms with Gasteiger partial charge in [0.25, 0.3) is 5.91 Å². The first-order chi connectivity index (χ1) is 10.5. The van der Waals surface area contributed by atoms with Crippen molar-refractivity contribution in [3.8, 4) is 0 Å². The number of carbonyl (C=O) groups is 1. The van der Waals surface area contributed by atoms with Crippen LogP contribution in [0.15, 0.2) is 29.2 Å². The van der Waals surface area contributed by atoms with Crippen LogP contribution in [-0.4, -0.2) is 46.3 Å². The minimum absolute atomic E-state index is 0.0225. The number of hydrogen-bond acceptors (Lipinski definition) is 3. The third-order valence-corrected chi connectivity index (χ3v) is 4.19. The fraction of sp³-hybridized carbons (Fsp3) is 0.375.